The number of non-ortho nitro benzene ring substituents is 1. The molecule has 3 aromatic rings. The minimum atomic E-state index is -0.671. The van der Waals surface area contributed by atoms with Crippen LogP contribution in [0.2, 0.25) is 0 Å². The van der Waals surface area contributed by atoms with Crippen molar-refractivity contribution >= 4 is 22.6 Å². The van der Waals surface area contributed by atoms with E-state index in [2.05, 4.69) is 4.90 Å². The molecule has 9 nitrogen and oxygen atoms in total. The number of nitro benzene ring substituents is 1. The van der Waals surface area contributed by atoms with Gasteiger partial charge in [-0.05, 0) is 36.8 Å². The number of hydrogen-bond donors (Lipinski definition) is 0. The molecule has 0 radical (unpaired) electrons. The van der Waals surface area contributed by atoms with Crippen LogP contribution in [0.15, 0.2) is 51.7 Å². The number of rotatable bonds is 5. The van der Waals surface area contributed by atoms with Gasteiger partial charge in [0, 0.05) is 38.3 Å². The van der Waals surface area contributed by atoms with Crippen molar-refractivity contribution in [1.82, 2.24) is 9.80 Å². The zero-order valence-electron chi connectivity index (χ0n) is 18.2. The van der Waals surface area contributed by atoms with Crippen LogP contribution in [-0.4, -0.2) is 60.0 Å². The van der Waals surface area contributed by atoms with E-state index in [1.165, 1.54) is 12.1 Å². The lowest BCUT2D eigenvalue weighted by Gasteiger charge is -2.31. The predicted molar refractivity (Wildman–Crippen MR) is 120 cm³/mol. The minimum Gasteiger partial charge on any atom is -0.450 e. The van der Waals surface area contributed by atoms with Gasteiger partial charge in [-0.3, -0.25) is 24.6 Å². The van der Waals surface area contributed by atoms with Crippen molar-refractivity contribution in [3.63, 3.8) is 0 Å². The number of nitrogens with zero attached hydrogens (tertiary/aromatic N) is 3. The molecule has 1 fully saturated rings. The summed E-state index contributed by atoms with van der Waals surface area (Å²) in [4.78, 5) is 41.5. The second-order valence-corrected chi connectivity index (χ2v) is 8.38. The van der Waals surface area contributed by atoms with Crippen LogP contribution >= 0.6 is 0 Å². The van der Waals surface area contributed by atoms with Crippen LogP contribution in [-0.2, 0) is 4.74 Å². The Morgan fingerprint density at radius 3 is 2.48 bits per heavy atom. The van der Waals surface area contributed by atoms with Crippen molar-refractivity contribution in [2.24, 2.45) is 0 Å². The number of morpholine rings is 1. The van der Waals surface area contributed by atoms with Crippen LogP contribution in [0.3, 0.4) is 0 Å². The molecule has 1 atom stereocenters. The summed E-state index contributed by atoms with van der Waals surface area (Å²) in [7, 11) is 0. The molecule has 9 heteroatoms. The number of nitro groups is 1. The number of aryl methyl sites for hydroxylation is 1. The first kappa shape index (κ1) is 21.3. The maximum atomic E-state index is 13.6. The first-order chi connectivity index (χ1) is 15.9. The van der Waals surface area contributed by atoms with E-state index >= 15 is 0 Å². The summed E-state index contributed by atoms with van der Waals surface area (Å²) in [6.07, 6.45) is 0. The number of amides is 1. The average molecular weight is 449 g/mol. The van der Waals surface area contributed by atoms with E-state index in [1.54, 1.807) is 29.2 Å². The van der Waals surface area contributed by atoms with E-state index in [-0.39, 0.29) is 28.3 Å². The molecule has 2 aliphatic rings. The number of hydrogen-bond acceptors (Lipinski definition) is 7. The van der Waals surface area contributed by atoms with Gasteiger partial charge in [-0.25, -0.2) is 0 Å². The van der Waals surface area contributed by atoms with Gasteiger partial charge in [-0.2, -0.15) is 0 Å². The van der Waals surface area contributed by atoms with Gasteiger partial charge in [-0.1, -0.05) is 11.6 Å². The molecule has 1 amide bonds. The van der Waals surface area contributed by atoms with E-state index < -0.39 is 11.0 Å². The van der Waals surface area contributed by atoms with Crippen LogP contribution < -0.4 is 5.43 Å². The van der Waals surface area contributed by atoms with Gasteiger partial charge in [0.15, 0.2) is 5.43 Å². The van der Waals surface area contributed by atoms with Crippen LogP contribution in [0.4, 0.5) is 5.69 Å². The second kappa shape index (κ2) is 8.42. The Kier molecular flexibility index (Phi) is 5.43. The highest BCUT2D eigenvalue weighted by molar-refractivity contribution is 5.99. The quantitative estimate of drug-likeness (QED) is 0.435. The van der Waals surface area contributed by atoms with E-state index in [0.29, 0.717) is 42.8 Å². The molecule has 5 rings (SSSR count). The lowest BCUT2D eigenvalue weighted by Crippen LogP contribution is -2.42. The van der Waals surface area contributed by atoms with E-state index in [1.807, 2.05) is 13.0 Å². The lowest BCUT2D eigenvalue weighted by molar-refractivity contribution is -0.384. The van der Waals surface area contributed by atoms with Gasteiger partial charge in [0.05, 0.1) is 35.1 Å². The SMILES string of the molecule is Cc1ccc2oc3c(c(=O)c2c1)[C@@H](c1ccc([N+](=O)[O-])cc1)N(CCN1CCOCC1)C3=O. The fraction of sp³-hybridized carbons (Fsp3) is 0.333. The van der Waals surface area contributed by atoms with Gasteiger partial charge in [-0.15, -0.1) is 0 Å². The molecule has 2 aliphatic heterocycles. The highest BCUT2D eigenvalue weighted by Gasteiger charge is 2.42. The van der Waals surface area contributed by atoms with Gasteiger partial charge in [0.2, 0.25) is 5.76 Å². The third-order valence-electron chi connectivity index (χ3n) is 6.30. The molecule has 33 heavy (non-hydrogen) atoms. The molecule has 0 N–H and O–H groups in total. The number of fused-ring (bicyclic) bond motifs is 2. The predicted octanol–water partition coefficient (Wildman–Crippen LogP) is 2.89. The Morgan fingerprint density at radius 2 is 1.79 bits per heavy atom. The molecular weight excluding hydrogens is 426 g/mol. The summed E-state index contributed by atoms with van der Waals surface area (Å²) in [6, 6.07) is 10.6. The second-order valence-electron chi connectivity index (χ2n) is 8.38. The van der Waals surface area contributed by atoms with Crippen molar-refractivity contribution in [2.75, 3.05) is 39.4 Å². The monoisotopic (exact) mass is 449 g/mol. The van der Waals surface area contributed by atoms with E-state index in [4.69, 9.17) is 9.15 Å². The third kappa shape index (κ3) is 3.79. The molecule has 3 heterocycles. The molecule has 170 valence electrons. The number of carbonyl (C=O) groups is 1. The van der Waals surface area contributed by atoms with Gasteiger partial charge in [0.1, 0.15) is 5.58 Å². The average Bonchev–Trinajstić information content (AvgIpc) is 3.10. The Hall–Kier alpha value is -3.56. The van der Waals surface area contributed by atoms with Crippen LogP contribution in [0.25, 0.3) is 11.0 Å². The van der Waals surface area contributed by atoms with Crippen LogP contribution in [0.5, 0.6) is 0 Å². The molecular formula is C24H23N3O6. The zero-order valence-corrected chi connectivity index (χ0v) is 18.2. The highest BCUT2D eigenvalue weighted by atomic mass is 16.6. The van der Waals surface area contributed by atoms with E-state index in [9.17, 15) is 19.7 Å². The van der Waals surface area contributed by atoms with Crippen molar-refractivity contribution in [3.8, 4) is 0 Å². The molecule has 0 aliphatic carbocycles. The van der Waals surface area contributed by atoms with Crippen molar-refractivity contribution in [1.29, 1.82) is 0 Å². The molecule has 0 spiro atoms. The summed E-state index contributed by atoms with van der Waals surface area (Å²) < 4.78 is 11.4. The van der Waals surface area contributed by atoms with Gasteiger partial charge in [0.25, 0.3) is 11.6 Å². The molecule has 0 unspecified atom stereocenters. The summed E-state index contributed by atoms with van der Waals surface area (Å²) in [6.45, 7) is 5.74. The maximum absolute atomic E-state index is 13.6. The fourth-order valence-electron chi connectivity index (χ4n) is 4.56. The summed E-state index contributed by atoms with van der Waals surface area (Å²) >= 11 is 0. The standard InChI is InChI=1S/C24H23N3O6/c1-15-2-7-19-18(14-15)22(28)20-21(16-3-5-17(6-4-16)27(30)31)26(24(29)23(20)33-19)9-8-25-10-12-32-13-11-25/h2-7,14,21H,8-13H2,1H3/t21-/m1/s1. The van der Waals surface area contributed by atoms with Gasteiger partial charge < -0.3 is 14.1 Å². The highest BCUT2D eigenvalue weighted by Crippen LogP contribution is 2.38. The van der Waals surface area contributed by atoms with Crippen molar-refractivity contribution in [3.05, 3.63) is 85.3 Å². The molecule has 0 saturated carbocycles. The third-order valence-corrected chi connectivity index (χ3v) is 6.30. The fourth-order valence-corrected chi connectivity index (χ4v) is 4.56. The largest absolute Gasteiger partial charge is 0.450 e. The first-order valence-electron chi connectivity index (χ1n) is 10.9. The number of benzene rings is 2. The van der Waals surface area contributed by atoms with Crippen LogP contribution in [0, 0.1) is 17.0 Å². The Balaban J connectivity index is 1.60. The minimum absolute atomic E-state index is 0.0432. The number of carbonyl (C=O) groups excluding carboxylic acids is 1. The summed E-state index contributed by atoms with van der Waals surface area (Å²) in [5.74, 6) is -0.303. The van der Waals surface area contributed by atoms with E-state index in [0.717, 1.165) is 18.7 Å². The smallest absolute Gasteiger partial charge is 0.290 e. The normalized spacial score (nSPS) is 18.6. The molecule has 2 aromatic carbocycles. The topological polar surface area (TPSA) is 106 Å². The summed E-state index contributed by atoms with van der Waals surface area (Å²) in [5.41, 5.74) is 1.90. The Bertz CT molecular complexity index is 1290. The Morgan fingerprint density at radius 1 is 1.06 bits per heavy atom. The van der Waals surface area contributed by atoms with Crippen molar-refractivity contribution in [2.45, 2.75) is 13.0 Å². The van der Waals surface area contributed by atoms with Crippen molar-refractivity contribution < 1.29 is 18.9 Å². The first-order valence-corrected chi connectivity index (χ1v) is 10.9. The lowest BCUT2D eigenvalue weighted by atomic mass is 9.98. The molecule has 1 aromatic heterocycles. The Labute approximate surface area is 189 Å². The maximum Gasteiger partial charge on any atom is 0.290 e. The van der Waals surface area contributed by atoms with Gasteiger partial charge >= 0.3 is 0 Å². The summed E-state index contributed by atoms with van der Waals surface area (Å²) in [5, 5.41) is 11.5. The zero-order chi connectivity index (χ0) is 23.1. The molecule has 1 saturated heterocycles. The molecule has 0 bridgehead atoms. The van der Waals surface area contributed by atoms with Crippen LogP contribution in [0.1, 0.15) is 33.3 Å². The number of ether oxygens (including phenoxy) is 1.